The zero-order valence-electron chi connectivity index (χ0n) is 10.4. The standard InChI is InChI=1S/C15H14N2OS/c18-15(13-10-14-17(11-13)8-9-19-14)16-7-6-12-4-2-1-3-5-12/h1-5,8-11H,6-7H2,(H,16,18). The highest BCUT2D eigenvalue weighted by atomic mass is 32.1. The first kappa shape index (κ1) is 12.0. The molecule has 19 heavy (non-hydrogen) atoms. The fourth-order valence-corrected chi connectivity index (χ4v) is 2.79. The molecule has 2 heterocycles. The van der Waals surface area contributed by atoms with Gasteiger partial charge in [-0.25, -0.2) is 0 Å². The first-order valence-corrected chi connectivity index (χ1v) is 7.08. The molecule has 0 fully saturated rings. The van der Waals surface area contributed by atoms with Gasteiger partial charge in [0.25, 0.3) is 5.91 Å². The Morgan fingerprint density at radius 3 is 2.89 bits per heavy atom. The molecule has 0 aliphatic carbocycles. The van der Waals surface area contributed by atoms with Crippen molar-refractivity contribution < 1.29 is 4.79 Å². The Hall–Kier alpha value is -2.07. The summed E-state index contributed by atoms with van der Waals surface area (Å²) in [4.78, 5) is 13.1. The van der Waals surface area contributed by atoms with Crippen molar-refractivity contribution in [3.63, 3.8) is 0 Å². The molecular weight excluding hydrogens is 256 g/mol. The normalized spacial score (nSPS) is 10.7. The van der Waals surface area contributed by atoms with Crippen LogP contribution in [0.25, 0.3) is 4.83 Å². The van der Waals surface area contributed by atoms with E-state index >= 15 is 0 Å². The molecule has 96 valence electrons. The number of thiazole rings is 1. The minimum atomic E-state index is -0.00756. The van der Waals surface area contributed by atoms with E-state index in [0.29, 0.717) is 6.54 Å². The Balaban J connectivity index is 1.58. The van der Waals surface area contributed by atoms with E-state index < -0.39 is 0 Å². The van der Waals surface area contributed by atoms with Crippen molar-refractivity contribution >= 4 is 22.1 Å². The van der Waals surface area contributed by atoms with Crippen LogP contribution in [0, 0.1) is 0 Å². The predicted octanol–water partition coefficient (Wildman–Crippen LogP) is 2.97. The van der Waals surface area contributed by atoms with Gasteiger partial charge in [0.05, 0.1) is 10.4 Å². The summed E-state index contributed by atoms with van der Waals surface area (Å²) in [7, 11) is 0. The van der Waals surface area contributed by atoms with Gasteiger partial charge in [0, 0.05) is 24.3 Å². The van der Waals surface area contributed by atoms with Crippen LogP contribution in [0.1, 0.15) is 15.9 Å². The summed E-state index contributed by atoms with van der Waals surface area (Å²) in [6.45, 7) is 0.659. The molecule has 0 saturated heterocycles. The molecule has 3 rings (SSSR count). The summed E-state index contributed by atoms with van der Waals surface area (Å²) >= 11 is 1.63. The lowest BCUT2D eigenvalue weighted by Gasteiger charge is -2.03. The van der Waals surface area contributed by atoms with Crippen LogP contribution < -0.4 is 5.32 Å². The van der Waals surface area contributed by atoms with Gasteiger partial charge in [0.2, 0.25) is 0 Å². The summed E-state index contributed by atoms with van der Waals surface area (Å²) in [5.74, 6) is -0.00756. The van der Waals surface area contributed by atoms with Gasteiger partial charge in [-0.15, -0.1) is 11.3 Å². The van der Waals surface area contributed by atoms with Crippen LogP contribution in [-0.2, 0) is 6.42 Å². The van der Waals surface area contributed by atoms with Crippen molar-refractivity contribution in [1.29, 1.82) is 0 Å². The van der Waals surface area contributed by atoms with Crippen LogP contribution >= 0.6 is 11.3 Å². The maximum atomic E-state index is 12.0. The molecule has 0 aliphatic heterocycles. The second kappa shape index (κ2) is 5.28. The minimum absolute atomic E-state index is 0.00756. The Kier molecular flexibility index (Phi) is 3.33. The summed E-state index contributed by atoms with van der Waals surface area (Å²) in [6, 6.07) is 12.1. The van der Waals surface area contributed by atoms with Gasteiger partial charge in [-0.1, -0.05) is 30.3 Å². The molecule has 0 aliphatic rings. The Morgan fingerprint density at radius 2 is 2.11 bits per heavy atom. The average Bonchev–Trinajstić information content (AvgIpc) is 3.00. The molecule has 0 saturated carbocycles. The van der Waals surface area contributed by atoms with Gasteiger partial charge >= 0.3 is 0 Å². The number of nitrogens with zero attached hydrogens (tertiary/aromatic N) is 1. The molecule has 0 atom stereocenters. The van der Waals surface area contributed by atoms with Gasteiger partial charge in [-0.3, -0.25) is 4.79 Å². The Bertz CT molecular complexity index is 656. The third-order valence-corrected chi connectivity index (χ3v) is 3.85. The second-order valence-corrected chi connectivity index (χ2v) is 5.29. The summed E-state index contributed by atoms with van der Waals surface area (Å²) in [5.41, 5.74) is 1.96. The third kappa shape index (κ3) is 2.69. The first-order valence-electron chi connectivity index (χ1n) is 6.20. The molecule has 4 heteroatoms. The highest BCUT2D eigenvalue weighted by molar-refractivity contribution is 7.15. The molecule has 1 amide bonds. The van der Waals surface area contributed by atoms with Gasteiger partial charge in [-0.05, 0) is 18.1 Å². The number of aromatic nitrogens is 1. The number of rotatable bonds is 4. The van der Waals surface area contributed by atoms with E-state index in [-0.39, 0.29) is 5.91 Å². The fourth-order valence-electron chi connectivity index (χ4n) is 2.03. The molecular formula is C15H14N2OS. The van der Waals surface area contributed by atoms with Crippen LogP contribution in [-0.4, -0.2) is 16.9 Å². The number of carbonyl (C=O) groups excluding carboxylic acids is 1. The van der Waals surface area contributed by atoms with E-state index in [1.54, 1.807) is 11.3 Å². The quantitative estimate of drug-likeness (QED) is 0.777. The van der Waals surface area contributed by atoms with Crippen molar-refractivity contribution in [1.82, 2.24) is 9.72 Å². The van der Waals surface area contributed by atoms with E-state index in [2.05, 4.69) is 17.4 Å². The van der Waals surface area contributed by atoms with Gasteiger partial charge in [0.1, 0.15) is 0 Å². The van der Waals surface area contributed by atoms with E-state index in [4.69, 9.17) is 0 Å². The average molecular weight is 270 g/mol. The zero-order valence-corrected chi connectivity index (χ0v) is 11.2. The minimum Gasteiger partial charge on any atom is -0.352 e. The van der Waals surface area contributed by atoms with Gasteiger partial charge < -0.3 is 9.72 Å². The van der Waals surface area contributed by atoms with E-state index in [9.17, 15) is 4.79 Å². The van der Waals surface area contributed by atoms with Crippen LogP contribution in [0.4, 0.5) is 0 Å². The van der Waals surface area contributed by atoms with Crippen LogP contribution in [0.2, 0.25) is 0 Å². The monoisotopic (exact) mass is 270 g/mol. The molecule has 0 spiro atoms. The molecule has 0 radical (unpaired) electrons. The molecule has 0 unspecified atom stereocenters. The molecule has 0 bridgehead atoms. The highest BCUT2D eigenvalue weighted by Gasteiger charge is 2.08. The Morgan fingerprint density at radius 1 is 1.26 bits per heavy atom. The molecule has 1 N–H and O–H groups in total. The van der Waals surface area contributed by atoms with Crippen molar-refractivity contribution in [2.45, 2.75) is 6.42 Å². The topological polar surface area (TPSA) is 33.5 Å². The summed E-state index contributed by atoms with van der Waals surface area (Å²) < 4.78 is 1.97. The summed E-state index contributed by atoms with van der Waals surface area (Å²) in [5, 5.41) is 4.96. The zero-order chi connectivity index (χ0) is 13.1. The van der Waals surface area contributed by atoms with Crippen LogP contribution in [0.3, 0.4) is 0 Å². The lowest BCUT2D eigenvalue weighted by atomic mass is 10.1. The first-order chi connectivity index (χ1) is 9.33. The predicted molar refractivity (Wildman–Crippen MR) is 77.8 cm³/mol. The Labute approximate surface area is 115 Å². The van der Waals surface area contributed by atoms with Crippen molar-refractivity contribution in [2.75, 3.05) is 6.54 Å². The number of carbonyl (C=O) groups is 1. The van der Waals surface area contributed by atoms with E-state index in [0.717, 1.165) is 16.8 Å². The number of amides is 1. The van der Waals surface area contributed by atoms with Crippen molar-refractivity contribution in [2.24, 2.45) is 0 Å². The number of benzene rings is 1. The van der Waals surface area contributed by atoms with Crippen LogP contribution in [0.15, 0.2) is 54.2 Å². The maximum absolute atomic E-state index is 12.0. The summed E-state index contributed by atoms with van der Waals surface area (Å²) in [6.07, 6.45) is 4.68. The fraction of sp³-hybridized carbons (Fsp3) is 0.133. The van der Waals surface area contributed by atoms with Crippen molar-refractivity contribution in [3.05, 3.63) is 65.3 Å². The maximum Gasteiger partial charge on any atom is 0.252 e. The number of hydrogen-bond acceptors (Lipinski definition) is 2. The number of hydrogen-bond donors (Lipinski definition) is 1. The highest BCUT2D eigenvalue weighted by Crippen LogP contribution is 2.15. The number of nitrogens with one attached hydrogen (secondary N) is 1. The number of fused-ring (bicyclic) bond motifs is 1. The van der Waals surface area contributed by atoms with E-state index in [1.807, 2.05) is 46.4 Å². The SMILES string of the molecule is O=C(NCCc1ccccc1)c1cc2sccn2c1. The van der Waals surface area contributed by atoms with Gasteiger partial charge in [0.15, 0.2) is 0 Å². The lowest BCUT2D eigenvalue weighted by Crippen LogP contribution is -2.25. The largest absolute Gasteiger partial charge is 0.352 e. The van der Waals surface area contributed by atoms with Crippen LogP contribution in [0.5, 0.6) is 0 Å². The lowest BCUT2D eigenvalue weighted by molar-refractivity contribution is 0.0954. The van der Waals surface area contributed by atoms with Gasteiger partial charge in [-0.2, -0.15) is 0 Å². The smallest absolute Gasteiger partial charge is 0.252 e. The third-order valence-electron chi connectivity index (χ3n) is 3.03. The molecule has 2 aromatic heterocycles. The molecule has 3 nitrogen and oxygen atoms in total. The molecule has 3 aromatic rings. The second-order valence-electron chi connectivity index (χ2n) is 4.37. The van der Waals surface area contributed by atoms with E-state index in [1.165, 1.54) is 5.56 Å². The molecule has 1 aromatic carbocycles. The van der Waals surface area contributed by atoms with Crippen molar-refractivity contribution in [3.8, 4) is 0 Å².